The van der Waals surface area contributed by atoms with Gasteiger partial charge in [-0.2, -0.15) is 0 Å². The van der Waals surface area contributed by atoms with Crippen molar-refractivity contribution in [3.63, 3.8) is 0 Å². The van der Waals surface area contributed by atoms with Crippen LogP contribution in [0.4, 0.5) is 19.0 Å². The Morgan fingerprint density at radius 3 is 2.71 bits per heavy atom. The average Bonchev–Trinajstić information content (AvgIpc) is 2.51. The van der Waals surface area contributed by atoms with Gasteiger partial charge >= 0.3 is 6.36 Å². The number of nitrogens with zero attached hydrogens (tertiary/aromatic N) is 2. The summed E-state index contributed by atoms with van der Waals surface area (Å²) in [6.45, 7) is 2.28. The number of halogens is 3. The van der Waals surface area contributed by atoms with Crippen LogP contribution in [0, 0.1) is 6.92 Å². The molecule has 4 nitrogen and oxygen atoms in total. The fourth-order valence-electron chi connectivity index (χ4n) is 2.35. The van der Waals surface area contributed by atoms with Crippen LogP contribution in [-0.2, 0) is 6.54 Å². The normalized spacial score (nSPS) is 11.5. The summed E-state index contributed by atoms with van der Waals surface area (Å²) in [7, 11) is 0. The molecule has 0 bridgehead atoms. The standard InChI is InChI=1S/C17H14F3N3O/c1-11-5-6-15-14(7-11)16(23-10-22-15)21-9-12-3-2-4-13(8-12)24-17(18,19)20/h2-8,10H,9H2,1H3,(H,21,22,23). The highest BCUT2D eigenvalue weighted by atomic mass is 19.4. The first-order chi connectivity index (χ1) is 11.4. The number of rotatable bonds is 4. The molecule has 1 aromatic heterocycles. The van der Waals surface area contributed by atoms with Crippen LogP contribution < -0.4 is 10.1 Å². The molecule has 0 spiro atoms. The highest BCUT2D eigenvalue weighted by Gasteiger charge is 2.31. The highest BCUT2D eigenvalue weighted by molar-refractivity contribution is 5.89. The minimum Gasteiger partial charge on any atom is -0.406 e. The fourth-order valence-corrected chi connectivity index (χ4v) is 2.35. The Labute approximate surface area is 136 Å². The van der Waals surface area contributed by atoms with Gasteiger partial charge in [0.25, 0.3) is 0 Å². The largest absolute Gasteiger partial charge is 0.573 e. The number of aryl methyl sites for hydroxylation is 1. The summed E-state index contributed by atoms with van der Waals surface area (Å²) in [5, 5.41) is 3.99. The van der Waals surface area contributed by atoms with Crippen LogP contribution in [0.3, 0.4) is 0 Å². The van der Waals surface area contributed by atoms with E-state index in [0.29, 0.717) is 17.9 Å². The first-order valence-corrected chi connectivity index (χ1v) is 7.21. The predicted molar refractivity (Wildman–Crippen MR) is 84.7 cm³/mol. The molecule has 124 valence electrons. The molecule has 0 aliphatic rings. The van der Waals surface area contributed by atoms with E-state index in [4.69, 9.17) is 0 Å². The van der Waals surface area contributed by atoms with E-state index in [9.17, 15) is 13.2 Å². The second kappa shape index (κ2) is 6.35. The van der Waals surface area contributed by atoms with Gasteiger partial charge in [-0.05, 0) is 36.8 Å². The average molecular weight is 333 g/mol. The third kappa shape index (κ3) is 3.92. The zero-order valence-electron chi connectivity index (χ0n) is 12.8. The summed E-state index contributed by atoms with van der Waals surface area (Å²) >= 11 is 0. The Bertz CT molecular complexity index is 865. The predicted octanol–water partition coefficient (Wildman–Crippen LogP) is 4.45. The summed E-state index contributed by atoms with van der Waals surface area (Å²) in [4.78, 5) is 8.41. The van der Waals surface area contributed by atoms with Crippen LogP contribution in [0.2, 0.25) is 0 Å². The SMILES string of the molecule is Cc1ccc2ncnc(NCc3cccc(OC(F)(F)F)c3)c2c1. The minimum absolute atomic E-state index is 0.245. The number of benzene rings is 2. The van der Waals surface area contributed by atoms with Gasteiger partial charge in [-0.1, -0.05) is 23.8 Å². The molecule has 0 fully saturated rings. The van der Waals surface area contributed by atoms with Gasteiger partial charge in [0.2, 0.25) is 0 Å². The summed E-state index contributed by atoms with van der Waals surface area (Å²) < 4.78 is 40.8. The number of hydrogen-bond donors (Lipinski definition) is 1. The van der Waals surface area contributed by atoms with Crippen molar-refractivity contribution < 1.29 is 17.9 Å². The first-order valence-electron chi connectivity index (χ1n) is 7.21. The van der Waals surface area contributed by atoms with Crippen LogP contribution >= 0.6 is 0 Å². The zero-order chi connectivity index (χ0) is 17.2. The molecule has 24 heavy (non-hydrogen) atoms. The zero-order valence-corrected chi connectivity index (χ0v) is 12.8. The molecule has 7 heteroatoms. The second-order valence-electron chi connectivity index (χ2n) is 5.29. The monoisotopic (exact) mass is 333 g/mol. The van der Waals surface area contributed by atoms with Crippen molar-refractivity contribution in [3.05, 3.63) is 59.9 Å². The van der Waals surface area contributed by atoms with Crippen LogP contribution in [0.25, 0.3) is 10.9 Å². The molecule has 0 aliphatic carbocycles. The van der Waals surface area contributed by atoms with Crippen molar-refractivity contribution in [3.8, 4) is 5.75 Å². The number of nitrogens with one attached hydrogen (secondary N) is 1. The fraction of sp³-hybridized carbons (Fsp3) is 0.176. The molecule has 0 amide bonds. The van der Waals surface area contributed by atoms with Crippen molar-refractivity contribution in [1.82, 2.24) is 9.97 Å². The van der Waals surface area contributed by atoms with Gasteiger partial charge in [0.05, 0.1) is 5.52 Å². The van der Waals surface area contributed by atoms with E-state index in [1.807, 2.05) is 25.1 Å². The van der Waals surface area contributed by atoms with E-state index in [1.165, 1.54) is 24.5 Å². The lowest BCUT2D eigenvalue weighted by Crippen LogP contribution is -2.17. The maximum absolute atomic E-state index is 12.3. The lowest BCUT2D eigenvalue weighted by atomic mass is 10.1. The highest BCUT2D eigenvalue weighted by Crippen LogP contribution is 2.24. The second-order valence-corrected chi connectivity index (χ2v) is 5.29. The number of fused-ring (bicyclic) bond motifs is 1. The van der Waals surface area contributed by atoms with Gasteiger partial charge in [0, 0.05) is 11.9 Å². The van der Waals surface area contributed by atoms with Gasteiger partial charge in [0.15, 0.2) is 0 Å². The Balaban J connectivity index is 1.79. The van der Waals surface area contributed by atoms with Crippen molar-refractivity contribution in [1.29, 1.82) is 0 Å². The number of hydrogen-bond acceptors (Lipinski definition) is 4. The van der Waals surface area contributed by atoms with E-state index in [1.54, 1.807) is 6.07 Å². The third-order valence-corrected chi connectivity index (χ3v) is 3.38. The maximum atomic E-state index is 12.3. The third-order valence-electron chi connectivity index (χ3n) is 3.38. The lowest BCUT2D eigenvalue weighted by Gasteiger charge is -2.11. The quantitative estimate of drug-likeness (QED) is 0.766. The Hall–Kier alpha value is -2.83. The molecular weight excluding hydrogens is 319 g/mol. The van der Waals surface area contributed by atoms with E-state index < -0.39 is 6.36 Å². The van der Waals surface area contributed by atoms with Crippen molar-refractivity contribution in [2.24, 2.45) is 0 Å². The first kappa shape index (κ1) is 16.0. The Morgan fingerprint density at radius 1 is 1.08 bits per heavy atom. The molecular formula is C17H14F3N3O. The van der Waals surface area contributed by atoms with Crippen LogP contribution in [-0.4, -0.2) is 16.3 Å². The molecule has 0 radical (unpaired) electrons. The number of alkyl halides is 3. The van der Waals surface area contributed by atoms with E-state index in [2.05, 4.69) is 20.0 Å². The van der Waals surface area contributed by atoms with Gasteiger partial charge < -0.3 is 10.1 Å². The molecule has 2 aromatic carbocycles. The van der Waals surface area contributed by atoms with E-state index >= 15 is 0 Å². The molecule has 3 aromatic rings. The minimum atomic E-state index is -4.70. The van der Waals surface area contributed by atoms with Crippen molar-refractivity contribution in [2.75, 3.05) is 5.32 Å². The topological polar surface area (TPSA) is 47.0 Å². The van der Waals surface area contributed by atoms with Gasteiger partial charge in [-0.15, -0.1) is 13.2 Å². The van der Waals surface area contributed by atoms with Crippen LogP contribution in [0.1, 0.15) is 11.1 Å². The summed E-state index contributed by atoms with van der Waals surface area (Å²) in [6, 6.07) is 11.6. The van der Waals surface area contributed by atoms with E-state index in [-0.39, 0.29) is 5.75 Å². The van der Waals surface area contributed by atoms with E-state index in [0.717, 1.165) is 16.5 Å². The molecule has 0 aliphatic heterocycles. The van der Waals surface area contributed by atoms with Gasteiger partial charge in [0.1, 0.15) is 17.9 Å². The molecule has 1 N–H and O–H groups in total. The van der Waals surface area contributed by atoms with Crippen LogP contribution in [0.15, 0.2) is 48.8 Å². The van der Waals surface area contributed by atoms with Gasteiger partial charge in [-0.25, -0.2) is 9.97 Å². The lowest BCUT2D eigenvalue weighted by molar-refractivity contribution is -0.274. The summed E-state index contributed by atoms with van der Waals surface area (Å²) in [5.74, 6) is 0.385. The molecule has 0 atom stereocenters. The van der Waals surface area contributed by atoms with Crippen LogP contribution in [0.5, 0.6) is 5.75 Å². The molecule has 3 rings (SSSR count). The Kier molecular flexibility index (Phi) is 4.24. The smallest absolute Gasteiger partial charge is 0.406 e. The summed E-state index contributed by atoms with van der Waals surface area (Å²) in [5.41, 5.74) is 2.52. The molecule has 1 heterocycles. The maximum Gasteiger partial charge on any atom is 0.573 e. The molecule has 0 saturated carbocycles. The van der Waals surface area contributed by atoms with Crippen molar-refractivity contribution in [2.45, 2.75) is 19.8 Å². The Morgan fingerprint density at radius 2 is 1.92 bits per heavy atom. The van der Waals surface area contributed by atoms with Crippen molar-refractivity contribution >= 4 is 16.7 Å². The number of anilines is 1. The van der Waals surface area contributed by atoms with Gasteiger partial charge in [-0.3, -0.25) is 0 Å². The summed E-state index contributed by atoms with van der Waals surface area (Å²) in [6.07, 6.45) is -3.25. The molecule has 0 unspecified atom stereocenters. The molecule has 0 saturated heterocycles. The number of aromatic nitrogens is 2. The number of ether oxygens (including phenoxy) is 1.